The smallest absolute Gasteiger partial charge is 0.252 e. The predicted octanol–water partition coefficient (Wildman–Crippen LogP) is 9.14. The topological polar surface area (TPSA) is 38.3 Å². The molecule has 40 heavy (non-hydrogen) atoms. The second-order valence-electron chi connectivity index (χ2n) is 12.3. The number of aryl methyl sites for hydroxylation is 1. The zero-order chi connectivity index (χ0) is 27.5. The van der Waals surface area contributed by atoms with Gasteiger partial charge in [-0.15, -0.1) is 10.3 Å². The standard InChI is InChI=1S/C36H43NO2S/c1-40(2,39-30-16-4-3-5-17-30)25-11-15-29-24-23-28-22-21-27-13-7-9-19-32(27)34(28)35(29)37-36(38)33-20-10-14-26-12-6-8-18-31(26)33/h6-10,12-14,18-22,29-30,35H,3-5,11,15-17,23-25H2,1-2H3,(H,37,38)/t29-,35-/m0/s1. The van der Waals surface area contributed by atoms with Crippen molar-refractivity contribution in [3.63, 3.8) is 0 Å². The van der Waals surface area contributed by atoms with Crippen LogP contribution in [-0.2, 0) is 10.6 Å². The number of fused-ring (bicyclic) bond motifs is 4. The SMILES string of the molecule is CS(C)(CCC[C@H]1CCc2ccc3ccccc3c2[C@H]1NC(=O)c1cccc2ccccc12)OC1CCCCC1. The number of rotatable bonds is 8. The molecule has 0 unspecified atom stereocenters. The Labute approximate surface area is 241 Å². The van der Waals surface area contributed by atoms with Gasteiger partial charge in [0.2, 0.25) is 0 Å². The first-order valence-corrected chi connectivity index (χ1v) is 17.7. The zero-order valence-corrected chi connectivity index (χ0v) is 24.8. The van der Waals surface area contributed by atoms with E-state index in [1.807, 2.05) is 24.3 Å². The van der Waals surface area contributed by atoms with Crippen molar-refractivity contribution in [1.82, 2.24) is 5.32 Å². The normalized spacial score (nSPS) is 20.4. The summed E-state index contributed by atoms with van der Waals surface area (Å²) in [6.45, 7) is 0. The van der Waals surface area contributed by atoms with Crippen LogP contribution in [0, 0.1) is 5.92 Å². The van der Waals surface area contributed by atoms with E-state index in [1.54, 1.807) is 0 Å². The summed E-state index contributed by atoms with van der Waals surface area (Å²) in [4.78, 5) is 13.9. The first kappa shape index (κ1) is 27.4. The van der Waals surface area contributed by atoms with Crippen LogP contribution in [0.4, 0.5) is 0 Å². The Bertz CT molecular complexity index is 1480. The largest absolute Gasteiger partial charge is 0.345 e. The minimum Gasteiger partial charge on any atom is -0.345 e. The summed E-state index contributed by atoms with van der Waals surface area (Å²) in [5, 5.41) is 8.21. The summed E-state index contributed by atoms with van der Waals surface area (Å²) < 4.78 is 6.69. The molecule has 6 rings (SSSR count). The third-order valence-electron chi connectivity index (χ3n) is 9.11. The molecule has 1 fully saturated rings. The molecule has 0 spiro atoms. The maximum atomic E-state index is 13.9. The molecule has 0 bridgehead atoms. The van der Waals surface area contributed by atoms with E-state index in [4.69, 9.17) is 4.18 Å². The first-order valence-electron chi connectivity index (χ1n) is 15.2. The Morgan fingerprint density at radius 3 is 2.33 bits per heavy atom. The molecule has 1 amide bonds. The first-order chi connectivity index (χ1) is 19.5. The Morgan fingerprint density at radius 1 is 0.825 bits per heavy atom. The highest BCUT2D eigenvalue weighted by atomic mass is 32.3. The molecule has 4 aromatic carbocycles. The van der Waals surface area contributed by atoms with E-state index in [-0.39, 0.29) is 11.9 Å². The van der Waals surface area contributed by atoms with Gasteiger partial charge in [-0.25, -0.2) is 0 Å². The fourth-order valence-electron chi connectivity index (χ4n) is 7.08. The van der Waals surface area contributed by atoms with Gasteiger partial charge in [0.25, 0.3) is 5.91 Å². The van der Waals surface area contributed by atoms with Crippen LogP contribution in [0.3, 0.4) is 0 Å². The van der Waals surface area contributed by atoms with Crippen LogP contribution in [0.1, 0.15) is 78.9 Å². The monoisotopic (exact) mass is 553 g/mol. The van der Waals surface area contributed by atoms with Crippen LogP contribution >= 0.6 is 10.3 Å². The summed E-state index contributed by atoms with van der Waals surface area (Å²) in [6.07, 6.45) is 16.0. The van der Waals surface area contributed by atoms with Crippen molar-refractivity contribution in [3.05, 3.63) is 95.6 Å². The van der Waals surface area contributed by atoms with Crippen LogP contribution in [-0.4, -0.2) is 30.3 Å². The lowest BCUT2D eigenvalue weighted by Crippen LogP contribution is -2.37. The lowest BCUT2D eigenvalue weighted by Gasteiger charge is -2.39. The Kier molecular flexibility index (Phi) is 8.18. The van der Waals surface area contributed by atoms with E-state index in [0.717, 1.165) is 47.8 Å². The van der Waals surface area contributed by atoms with Crippen molar-refractivity contribution in [2.75, 3.05) is 18.3 Å². The van der Waals surface area contributed by atoms with Crippen LogP contribution < -0.4 is 5.32 Å². The number of carbonyl (C=O) groups is 1. The number of benzene rings is 4. The third-order valence-corrected chi connectivity index (χ3v) is 11.2. The molecule has 0 radical (unpaired) electrons. The lowest BCUT2D eigenvalue weighted by molar-refractivity contribution is 0.0916. The lowest BCUT2D eigenvalue weighted by atomic mass is 9.75. The van der Waals surface area contributed by atoms with Crippen molar-refractivity contribution in [2.24, 2.45) is 5.92 Å². The van der Waals surface area contributed by atoms with Gasteiger partial charge in [-0.1, -0.05) is 92.1 Å². The summed E-state index contributed by atoms with van der Waals surface area (Å²) in [5.41, 5.74) is 3.47. The highest BCUT2D eigenvalue weighted by Crippen LogP contribution is 2.47. The van der Waals surface area contributed by atoms with E-state index in [0.29, 0.717) is 12.0 Å². The quantitative estimate of drug-likeness (QED) is 0.236. The van der Waals surface area contributed by atoms with Gasteiger partial charge in [0, 0.05) is 5.56 Å². The second kappa shape index (κ2) is 12.0. The molecular formula is C36H43NO2S. The Hall–Kier alpha value is -2.82. The third kappa shape index (κ3) is 5.94. The highest BCUT2D eigenvalue weighted by molar-refractivity contribution is 8.28. The summed E-state index contributed by atoms with van der Waals surface area (Å²) >= 11 is 0. The summed E-state index contributed by atoms with van der Waals surface area (Å²) in [7, 11) is -1.07. The van der Waals surface area contributed by atoms with Gasteiger partial charge in [0.1, 0.15) is 0 Å². The van der Waals surface area contributed by atoms with Crippen LogP contribution in [0.15, 0.2) is 78.9 Å². The Balaban J connectivity index is 1.26. The van der Waals surface area contributed by atoms with Gasteiger partial charge >= 0.3 is 0 Å². The van der Waals surface area contributed by atoms with Gasteiger partial charge in [0.05, 0.1) is 12.1 Å². The van der Waals surface area contributed by atoms with E-state index in [9.17, 15) is 4.79 Å². The van der Waals surface area contributed by atoms with Crippen molar-refractivity contribution in [2.45, 2.75) is 69.9 Å². The predicted molar refractivity (Wildman–Crippen MR) is 171 cm³/mol. The number of hydrogen-bond acceptors (Lipinski definition) is 2. The molecule has 0 aromatic heterocycles. The van der Waals surface area contributed by atoms with Crippen molar-refractivity contribution in [3.8, 4) is 0 Å². The minimum atomic E-state index is -1.07. The molecule has 4 aromatic rings. The molecule has 0 saturated heterocycles. The van der Waals surface area contributed by atoms with E-state index >= 15 is 0 Å². The van der Waals surface area contributed by atoms with Gasteiger partial charge in [0.15, 0.2) is 0 Å². The highest BCUT2D eigenvalue weighted by Gasteiger charge is 2.33. The van der Waals surface area contributed by atoms with Crippen LogP contribution in [0.2, 0.25) is 0 Å². The summed E-state index contributed by atoms with van der Waals surface area (Å²) in [5.74, 6) is 1.56. The number of carbonyl (C=O) groups excluding carboxylic acids is 1. The average molecular weight is 554 g/mol. The number of hydrogen-bond donors (Lipinski definition) is 1. The molecule has 0 aliphatic heterocycles. The zero-order valence-electron chi connectivity index (χ0n) is 24.0. The molecular weight excluding hydrogens is 510 g/mol. The van der Waals surface area contributed by atoms with Crippen molar-refractivity contribution < 1.29 is 8.98 Å². The molecule has 2 aliphatic carbocycles. The maximum absolute atomic E-state index is 13.9. The van der Waals surface area contributed by atoms with Crippen molar-refractivity contribution >= 4 is 37.8 Å². The van der Waals surface area contributed by atoms with E-state index in [1.165, 1.54) is 54.0 Å². The van der Waals surface area contributed by atoms with E-state index in [2.05, 4.69) is 72.4 Å². The Morgan fingerprint density at radius 2 is 1.52 bits per heavy atom. The molecule has 1 saturated carbocycles. The summed E-state index contributed by atoms with van der Waals surface area (Å²) in [6, 6.07) is 27.4. The minimum absolute atomic E-state index is 0.00121. The van der Waals surface area contributed by atoms with Gasteiger partial charge in [-0.2, -0.15) is 0 Å². The molecule has 0 heterocycles. The number of amides is 1. The molecule has 2 atom stereocenters. The molecule has 1 N–H and O–H groups in total. The molecule has 210 valence electrons. The van der Waals surface area contributed by atoms with Crippen molar-refractivity contribution in [1.29, 1.82) is 0 Å². The van der Waals surface area contributed by atoms with Gasteiger partial charge in [-0.05, 0) is 101 Å². The maximum Gasteiger partial charge on any atom is 0.252 e. The van der Waals surface area contributed by atoms with Crippen LogP contribution in [0.5, 0.6) is 0 Å². The van der Waals surface area contributed by atoms with Gasteiger partial charge in [-0.3, -0.25) is 4.79 Å². The van der Waals surface area contributed by atoms with E-state index < -0.39 is 10.3 Å². The molecule has 4 heteroatoms. The fraction of sp³-hybridized carbons (Fsp3) is 0.417. The fourth-order valence-corrected chi connectivity index (χ4v) is 8.97. The number of nitrogens with one attached hydrogen (secondary N) is 1. The molecule has 2 aliphatic rings. The molecule has 3 nitrogen and oxygen atoms in total. The average Bonchev–Trinajstić information content (AvgIpc) is 2.97. The van der Waals surface area contributed by atoms with Crippen LogP contribution in [0.25, 0.3) is 21.5 Å². The van der Waals surface area contributed by atoms with Gasteiger partial charge < -0.3 is 9.50 Å². The second-order valence-corrected chi connectivity index (χ2v) is 15.7.